The number of ether oxygens (including phenoxy) is 1. The topological polar surface area (TPSA) is 29.5 Å². The number of aryl methyl sites for hydroxylation is 1. The maximum Gasteiger partial charge on any atom is 0.343 e. The highest BCUT2D eigenvalue weighted by Crippen LogP contribution is 2.20. The van der Waals surface area contributed by atoms with Crippen molar-refractivity contribution < 1.29 is 9.53 Å². The lowest BCUT2D eigenvalue weighted by Gasteiger charge is -2.20. The van der Waals surface area contributed by atoms with Gasteiger partial charge in [0.15, 0.2) is 0 Å². The number of hydrogen-bond donors (Lipinski definition) is 0. The Bertz CT molecular complexity index is 584. The number of benzene rings is 2. The van der Waals surface area contributed by atoms with E-state index in [0.717, 1.165) is 24.3 Å². The molecule has 110 valence electrons. The van der Waals surface area contributed by atoms with Crippen LogP contribution < -0.4 is 9.64 Å². The number of rotatable bonds is 5. The van der Waals surface area contributed by atoms with Crippen LogP contribution in [0, 0.1) is 6.92 Å². The van der Waals surface area contributed by atoms with E-state index in [0.29, 0.717) is 11.3 Å². The van der Waals surface area contributed by atoms with E-state index in [-0.39, 0.29) is 5.97 Å². The van der Waals surface area contributed by atoms with Gasteiger partial charge in [-0.3, -0.25) is 0 Å². The van der Waals surface area contributed by atoms with Gasteiger partial charge in [-0.2, -0.15) is 0 Å². The molecule has 0 atom stereocenters. The molecule has 0 amide bonds. The van der Waals surface area contributed by atoms with Gasteiger partial charge in [-0.25, -0.2) is 4.79 Å². The maximum absolute atomic E-state index is 12.0. The molecule has 0 fully saturated rings. The van der Waals surface area contributed by atoms with Crippen LogP contribution in [0.15, 0.2) is 48.5 Å². The summed E-state index contributed by atoms with van der Waals surface area (Å²) < 4.78 is 5.38. The third-order valence-corrected chi connectivity index (χ3v) is 3.46. The van der Waals surface area contributed by atoms with Crippen LogP contribution in [0.25, 0.3) is 0 Å². The standard InChI is InChI=1S/C18H21NO2/c1-4-19(5-2)16-10-12-17(13-11-16)21-18(20)15-8-6-14(3)7-9-15/h6-13H,4-5H2,1-3H3. The fraction of sp³-hybridized carbons (Fsp3) is 0.278. The minimum atomic E-state index is -0.328. The van der Waals surface area contributed by atoms with Gasteiger partial charge >= 0.3 is 5.97 Å². The first kappa shape index (κ1) is 15.1. The van der Waals surface area contributed by atoms with Crippen molar-refractivity contribution in [1.29, 1.82) is 0 Å². The van der Waals surface area contributed by atoms with Crippen LogP contribution in [-0.2, 0) is 0 Å². The van der Waals surface area contributed by atoms with Crippen LogP contribution in [0.2, 0.25) is 0 Å². The minimum Gasteiger partial charge on any atom is -0.423 e. The monoisotopic (exact) mass is 283 g/mol. The Morgan fingerprint density at radius 2 is 1.52 bits per heavy atom. The molecule has 0 heterocycles. The van der Waals surface area contributed by atoms with E-state index in [1.165, 1.54) is 0 Å². The normalized spacial score (nSPS) is 10.2. The van der Waals surface area contributed by atoms with E-state index >= 15 is 0 Å². The van der Waals surface area contributed by atoms with E-state index < -0.39 is 0 Å². The van der Waals surface area contributed by atoms with Gasteiger partial charge in [-0.15, -0.1) is 0 Å². The highest BCUT2D eigenvalue weighted by atomic mass is 16.5. The fourth-order valence-electron chi connectivity index (χ4n) is 2.17. The molecule has 2 aromatic carbocycles. The van der Waals surface area contributed by atoms with Crippen molar-refractivity contribution in [2.45, 2.75) is 20.8 Å². The van der Waals surface area contributed by atoms with E-state index in [1.54, 1.807) is 12.1 Å². The highest BCUT2D eigenvalue weighted by Gasteiger charge is 2.08. The summed E-state index contributed by atoms with van der Waals surface area (Å²) in [5, 5.41) is 0. The summed E-state index contributed by atoms with van der Waals surface area (Å²) in [5.74, 6) is 0.238. The number of carbonyl (C=O) groups excluding carboxylic acids is 1. The molecule has 0 saturated carbocycles. The summed E-state index contributed by atoms with van der Waals surface area (Å²) in [5.41, 5.74) is 2.82. The van der Waals surface area contributed by atoms with E-state index in [4.69, 9.17) is 4.74 Å². The van der Waals surface area contributed by atoms with Gasteiger partial charge in [-0.1, -0.05) is 17.7 Å². The maximum atomic E-state index is 12.0. The van der Waals surface area contributed by atoms with E-state index in [2.05, 4.69) is 18.7 Å². The highest BCUT2D eigenvalue weighted by molar-refractivity contribution is 5.91. The molecule has 0 radical (unpaired) electrons. The Kier molecular flexibility index (Phi) is 4.99. The van der Waals surface area contributed by atoms with Crippen molar-refractivity contribution >= 4 is 11.7 Å². The number of esters is 1. The van der Waals surface area contributed by atoms with Crippen molar-refractivity contribution in [2.75, 3.05) is 18.0 Å². The minimum absolute atomic E-state index is 0.328. The Labute approximate surface area is 126 Å². The lowest BCUT2D eigenvalue weighted by molar-refractivity contribution is 0.0735. The summed E-state index contributed by atoms with van der Waals surface area (Å²) in [4.78, 5) is 14.3. The van der Waals surface area contributed by atoms with Gasteiger partial charge in [0.1, 0.15) is 5.75 Å². The second-order valence-corrected chi connectivity index (χ2v) is 4.92. The second-order valence-electron chi connectivity index (χ2n) is 4.92. The van der Waals surface area contributed by atoms with Gasteiger partial charge in [0.25, 0.3) is 0 Å². The summed E-state index contributed by atoms with van der Waals surface area (Å²) >= 11 is 0. The van der Waals surface area contributed by atoms with Crippen LogP contribution in [0.3, 0.4) is 0 Å². The van der Waals surface area contributed by atoms with Crippen molar-refractivity contribution in [3.63, 3.8) is 0 Å². The Hall–Kier alpha value is -2.29. The zero-order chi connectivity index (χ0) is 15.2. The molecule has 0 bridgehead atoms. The zero-order valence-electron chi connectivity index (χ0n) is 12.8. The SMILES string of the molecule is CCN(CC)c1ccc(OC(=O)c2ccc(C)cc2)cc1. The number of hydrogen-bond acceptors (Lipinski definition) is 3. The summed E-state index contributed by atoms with van der Waals surface area (Å²) in [6.45, 7) is 8.14. The molecule has 0 aromatic heterocycles. The van der Waals surface area contributed by atoms with Gasteiger partial charge in [0.2, 0.25) is 0 Å². The molecule has 0 aliphatic heterocycles. The second kappa shape index (κ2) is 6.93. The number of nitrogens with zero attached hydrogens (tertiary/aromatic N) is 1. The Balaban J connectivity index is 2.06. The molecule has 0 saturated heterocycles. The molecule has 3 nitrogen and oxygen atoms in total. The van der Waals surface area contributed by atoms with Crippen LogP contribution in [-0.4, -0.2) is 19.1 Å². The van der Waals surface area contributed by atoms with E-state index in [9.17, 15) is 4.79 Å². The van der Waals surface area contributed by atoms with Crippen LogP contribution >= 0.6 is 0 Å². The van der Waals surface area contributed by atoms with Gasteiger partial charge < -0.3 is 9.64 Å². The molecule has 0 N–H and O–H groups in total. The average molecular weight is 283 g/mol. The zero-order valence-corrected chi connectivity index (χ0v) is 12.8. The summed E-state index contributed by atoms with van der Waals surface area (Å²) in [7, 11) is 0. The van der Waals surface area contributed by atoms with Crippen molar-refractivity contribution in [1.82, 2.24) is 0 Å². The summed E-state index contributed by atoms with van der Waals surface area (Å²) in [6, 6.07) is 15.0. The molecule has 0 spiro atoms. The molecular weight excluding hydrogens is 262 g/mol. The largest absolute Gasteiger partial charge is 0.423 e. The Morgan fingerprint density at radius 1 is 0.952 bits per heavy atom. The number of carbonyl (C=O) groups is 1. The first-order chi connectivity index (χ1) is 10.1. The summed E-state index contributed by atoms with van der Waals surface area (Å²) in [6.07, 6.45) is 0. The van der Waals surface area contributed by atoms with Crippen LogP contribution in [0.5, 0.6) is 5.75 Å². The van der Waals surface area contributed by atoms with Crippen LogP contribution in [0.1, 0.15) is 29.8 Å². The molecule has 2 rings (SSSR count). The first-order valence-corrected chi connectivity index (χ1v) is 7.28. The first-order valence-electron chi connectivity index (χ1n) is 7.28. The molecule has 0 aliphatic carbocycles. The fourth-order valence-corrected chi connectivity index (χ4v) is 2.17. The van der Waals surface area contributed by atoms with Gasteiger partial charge in [-0.05, 0) is 57.2 Å². The number of anilines is 1. The lowest BCUT2D eigenvalue weighted by Crippen LogP contribution is -2.21. The van der Waals surface area contributed by atoms with Crippen molar-refractivity contribution in [2.24, 2.45) is 0 Å². The predicted octanol–water partition coefficient (Wildman–Crippen LogP) is 4.06. The average Bonchev–Trinajstić information content (AvgIpc) is 2.51. The van der Waals surface area contributed by atoms with Gasteiger partial charge in [0.05, 0.1) is 5.56 Å². The Morgan fingerprint density at radius 3 is 2.05 bits per heavy atom. The quantitative estimate of drug-likeness (QED) is 0.612. The molecular formula is C18H21NO2. The predicted molar refractivity (Wildman–Crippen MR) is 86.1 cm³/mol. The molecule has 0 unspecified atom stereocenters. The smallest absolute Gasteiger partial charge is 0.343 e. The lowest BCUT2D eigenvalue weighted by atomic mass is 10.1. The van der Waals surface area contributed by atoms with Crippen LogP contribution in [0.4, 0.5) is 5.69 Å². The van der Waals surface area contributed by atoms with Crippen molar-refractivity contribution in [3.8, 4) is 5.75 Å². The van der Waals surface area contributed by atoms with Gasteiger partial charge in [0, 0.05) is 18.8 Å². The third kappa shape index (κ3) is 3.85. The third-order valence-electron chi connectivity index (χ3n) is 3.46. The molecule has 0 aliphatic rings. The molecule has 3 heteroatoms. The van der Waals surface area contributed by atoms with Crippen molar-refractivity contribution in [3.05, 3.63) is 59.7 Å². The molecule has 2 aromatic rings. The molecule has 21 heavy (non-hydrogen) atoms. The van der Waals surface area contributed by atoms with E-state index in [1.807, 2.05) is 43.3 Å².